The maximum Gasteiger partial charge on any atom is 0.159 e. The lowest BCUT2D eigenvalue weighted by Crippen LogP contribution is -2.15. The quantitative estimate of drug-likeness (QED) is 0.217. The Kier molecular flexibility index (Phi) is 4.99. The van der Waals surface area contributed by atoms with Crippen molar-refractivity contribution < 1.29 is 4.42 Å². The molecular formula is C41H29NO. The van der Waals surface area contributed by atoms with Crippen LogP contribution in [0.5, 0.6) is 0 Å². The molecule has 0 aliphatic heterocycles. The smallest absolute Gasteiger partial charge is 0.159 e. The van der Waals surface area contributed by atoms with Crippen molar-refractivity contribution in [3.8, 4) is 11.1 Å². The molecular weight excluding hydrogens is 522 g/mol. The molecule has 7 aromatic carbocycles. The summed E-state index contributed by atoms with van der Waals surface area (Å²) in [5, 5.41) is 7.39. The van der Waals surface area contributed by atoms with Crippen LogP contribution in [-0.2, 0) is 5.41 Å². The summed E-state index contributed by atoms with van der Waals surface area (Å²) in [6.45, 7) is 4.75. The zero-order valence-electron chi connectivity index (χ0n) is 24.1. The van der Waals surface area contributed by atoms with Crippen LogP contribution in [0.1, 0.15) is 25.0 Å². The van der Waals surface area contributed by atoms with E-state index in [1.54, 1.807) is 0 Å². The van der Waals surface area contributed by atoms with E-state index in [0.717, 1.165) is 39.0 Å². The van der Waals surface area contributed by atoms with Gasteiger partial charge in [0.25, 0.3) is 0 Å². The standard InChI is InChI=1S/C41H29NO/c1-41(2)36-25-27-12-7-6-11-26(27)24-35(36)33-21-19-28-23-30(20-22-31(28)39(33)41)42(29-13-4-3-5-14-29)37-17-10-16-34-32-15-8-9-18-38(32)43-40(34)37/h3-25H,1-2H3. The molecule has 0 atom stereocenters. The summed E-state index contributed by atoms with van der Waals surface area (Å²) in [4.78, 5) is 2.32. The van der Waals surface area contributed by atoms with E-state index in [-0.39, 0.29) is 5.41 Å². The Morgan fingerprint density at radius 2 is 1.26 bits per heavy atom. The summed E-state index contributed by atoms with van der Waals surface area (Å²) in [6, 6.07) is 50.3. The van der Waals surface area contributed by atoms with Crippen LogP contribution in [0.15, 0.2) is 144 Å². The lowest BCUT2D eigenvalue weighted by Gasteiger charge is -2.27. The number of fused-ring (bicyclic) bond motifs is 9. The number of benzene rings is 7. The minimum absolute atomic E-state index is 0.102. The van der Waals surface area contributed by atoms with Crippen LogP contribution in [0.25, 0.3) is 54.6 Å². The second-order valence-corrected chi connectivity index (χ2v) is 12.2. The van der Waals surface area contributed by atoms with Crippen LogP contribution in [0, 0.1) is 0 Å². The molecule has 0 N–H and O–H groups in total. The van der Waals surface area contributed by atoms with E-state index in [1.165, 1.54) is 43.8 Å². The predicted molar refractivity (Wildman–Crippen MR) is 181 cm³/mol. The van der Waals surface area contributed by atoms with E-state index in [0.29, 0.717) is 0 Å². The fourth-order valence-corrected chi connectivity index (χ4v) is 7.38. The molecule has 1 aliphatic rings. The van der Waals surface area contributed by atoms with Gasteiger partial charge >= 0.3 is 0 Å². The van der Waals surface area contributed by atoms with Gasteiger partial charge in [0.05, 0.1) is 5.69 Å². The molecule has 8 aromatic rings. The number of nitrogens with zero attached hydrogens (tertiary/aromatic N) is 1. The summed E-state index contributed by atoms with van der Waals surface area (Å²) in [7, 11) is 0. The van der Waals surface area contributed by atoms with E-state index >= 15 is 0 Å². The Hall–Kier alpha value is -5.34. The summed E-state index contributed by atoms with van der Waals surface area (Å²) < 4.78 is 6.51. The van der Waals surface area contributed by atoms with Gasteiger partial charge in [0.15, 0.2) is 5.58 Å². The lowest BCUT2D eigenvalue weighted by atomic mass is 9.80. The Morgan fingerprint density at radius 3 is 2.12 bits per heavy atom. The number of anilines is 3. The third-order valence-corrected chi connectivity index (χ3v) is 9.37. The van der Waals surface area contributed by atoms with E-state index in [1.807, 2.05) is 12.1 Å². The highest BCUT2D eigenvalue weighted by atomic mass is 16.3. The number of hydrogen-bond donors (Lipinski definition) is 0. The van der Waals surface area contributed by atoms with E-state index in [2.05, 4.69) is 146 Å². The number of furan rings is 1. The molecule has 1 aromatic heterocycles. The van der Waals surface area contributed by atoms with Gasteiger partial charge in [-0.3, -0.25) is 0 Å². The topological polar surface area (TPSA) is 16.4 Å². The maximum absolute atomic E-state index is 6.51. The van der Waals surface area contributed by atoms with Gasteiger partial charge < -0.3 is 9.32 Å². The average molecular weight is 552 g/mol. The highest BCUT2D eigenvalue weighted by Crippen LogP contribution is 2.53. The summed E-state index contributed by atoms with van der Waals surface area (Å²) in [6.07, 6.45) is 0. The van der Waals surface area contributed by atoms with Gasteiger partial charge in [-0.05, 0) is 92.3 Å². The van der Waals surface area contributed by atoms with Crippen LogP contribution < -0.4 is 4.90 Å². The fourth-order valence-electron chi connectivity index (χ4n) is 7.38. The largest absolute Gasteiger partial charge is 0.454 e. The molecule has 0 saturated heterocycles. The average Bonchev–Trinajstić information content (AvgIpc) is 3.53. The molecule has 0 spiro atoms. The number of hydrogen-bond acceptors (Lipinski definition) is 2. The van der Waals surface area contributed by atoms with Crippen LogP contribution in [0.3, 0.4) is 0 Å². The van der Waals surface area contributed by atoms with Crippen molar-refractivity contribution >= 4 is 60.5 Å². The minimum atomic E-state index is -0.102. The third kappa shape index (κ3) is 3.47. The maximum atomic E-state index is 6.51. The van der Waals surface area contributed by atoms with Crippen molar-refractivity contribution in [1.29, 1.82) is 0 Å². The van der Waals surface area contributed by atoms with Crippen molar-refractivity contribution in [3.63, 3.8) is 0 Å². The highest BCUT2D eigenvalue weighted by Gasteiger charge is 2.37. The van der Waals surface area contributed by atoms with Crippen LogP contribution in [-0.4, -0.2) is 0 Å². The molecule has 0 amide bonds. The van der Waals surface area contributed by atoms with Crippen molar-refractivity contribution in [2.45, 2.75) is 19.3 Å². The van der Waals surface area contributed by atoms with E-state index < -0.39 is 0 Å². The van der Waals surface area contributed by atoms with Gasteiger partial charge in [0.2, 0.25) is 0 Å². The first-order chi connectivity index (χ1) is 21.1. The molecule has 0 saturated carbocycles. The van der Waals surface area contributed by atoms with Gasteiger partial charge in [0, 0.05) is 27.6 Å². The van der Waals surface area contributed by atoms with Gasteiger partial charge in [-0.25, -0.2) is 0 Å². The van der Waals surface area contributed by atoms with Crippen molar-refractivity contribution in [1.82, 2.24) is 0 Å². The minimum Gasteiger partial charge on any atom is -0.454 e. The van der Waals surface area contributed by atoms with Crippen molar-refractivity contribution in [2.75, 3.05) is 4.90 Å². The summed E-state index contributed by atoms with van der Waals surface area (Å²) in [5.74, 6) is 0. The van der Waals surface area contributed by atoms with Gasteiger partial charge in [0.1, 0.15) is 5.58 Å². The molecule has 1 heterocycles. The molecule has 43 heavy (non-hydrogen) atoms. The summed E-state index contributed by atoms with van der Waals surface area (Å²) in [5.41, 5.74) is 10.4. The van der Waals surface area contributed by atoms with Gasteiger partial charge in [-0.15, -0.1) is 0 Å². The number of rotatable bonds is 3. The first-order valence-corrected chi connectivity index (χ1v) is 14.9. The first-order valence-electron chi connectivity index (χ1n) is 14.9. The predicted octanol–water partition coefficient (Wildman–Crippen LogP) is 11.7. The molecule has 2 heteroatoms. The zero-order chi connectivity index (χ0) is 28.7. The molecule has 0 unspecified atom stereocenters. The lowest BCUT2D eigenvalue weighted by molar-refractivity contribution is 0.667. The highest BCUT2D eigenvalue weighted by molar-refractivity contribution is 6.10. The second kappa shape index (κ2) is 8.83. The summed E-state index contributed by atoms with van der Waals surface area (Å²) >= 11 is 0. The molecule has 1 aliphatic carbocycles. The van der Waals surface area contributed by atoms with E-state index in [4.69, 9.17) is 4.42 Å². The third-order valence-electron chi connectivity index (χ3n) is 9.37. The Bertz CT molecular complexity index is 2380. The molecule has 2 nitrogen and oxygen atoms in total. The SMILES string of the molecule is CC1(C)c2cc3ccccc3cc2-c2ccc3cc(N(c4ccccc4)c4cccc5c4oc4ccccc45)ccc3c21. The Labute approximate surface area is 250 Å². The van der Waals surface area contributed by atoms with Crippen LogP contribution >= 0.6 is 0 Å². The second-order valence-electron chi connectivity index (χ2n) is 12.2. The monoisotopic (exact) mass is 551 g/mol. The molecule has 0 radical (unpaired) electrons. The van der Waals surface area contributed by atoms with Gasteiger partial charge in [-0.1, -0.05) is 105 Å². The molecule has 9 rings (SSSR count). The zero-order valence-corrected chi connectivity index (χ0v) is 24.1. The van der Waals surface area contributed by atoms with Crippen molar-refractivity contribution in [2.24, 2.45) is 0 Å². The van der Waals surface area contributed by atoms with E-state index in [9.17, 15) is 0 Å². The normalized spacial score (nSPS) is 13.5. The first kappa shape index (κ1) is 24.3. The molecule has 0 bridgehead atoms. The van der Waals surface area contributed by atoms with Crippen molar-refractivity contribution in [3.05, 3.63) is 151 Å². The Morgan fingerprint density at radius 1 is 0.512 bits per heavy atom. The number of para-hydroxylation sites is 3. The molecule has 0 fully saturated rings. The fraction of sp³-hybridized carbons (Fsp3) is 0.0732. The molecule has 204 valence electrons. The van der Waals surface area contributed by atoms with Crippen LogP contribution in [0.2, 0.25) is 0 Å². The van der Waals surface area contributed by atoms with Gasteiger partial charge in [-0.2, -0.15) is 0 Å². The Balaban J connectivity index is 1.26. The van der Waals surface area contributed by atoms with Crippen LogP contribution in [0.4, 0.5) is 17.1 Å².